The summed E-state index contributed by atoms with van der Waals surface area (Å²) in [5.41, 5.74) is 0. The number of hydrogen-bond donors (Lipinski definition) is 1. The molecule has 0 bridgehead atoms. The summed E-state index contributed by atoms with van der Waals surface area (Å²) in [5.74, 6) is -0.627. The fourth-order valence-electron chi connectivity index (χ4n) is 3.43. The Morgan fingerprint density at radius 1 is 1.20 bits per heavy atom. The zero-order chi connectivity index (χ0) is 14.9. The molecule has 2 aliphatic rings. The van der Waals surface area contributed by atoms with Gasteiger partial charge in [-0.1, -0.05) is 27.2 Å². The zero-order valence-electron chi connectivity index (χ0n) is 12.8. The van der Waals surface area contributed by atoms with Crippen LogP contribution in [0.3, 0.4) is 0 Å². The molecule has 4 heteroatoms. The van der Waals surface area contributed by atoms with E-state index < -0.39 is 11.9 Å². The first-order valence-corrected chi connectivity index (χ1v) is 7.97. The number of hydrogen-bond acceptors (Lipinski definition) is 2. The lowest BCUT2D eigenvalue weighted by molar-refractivity contribution is -0.149. The van der Waals surface area contributed by atoms with Gasteiger partial charge in [-0.05, 0) is 37.5 Å². The molecule has 1 amide bonds. The van der Waals surface area contributed by atoms with Crippen molar-refractivity contribution in [3.05, 3.63) is 0 Å². The second-order valence-corrected chi connectivity index (χ2v) is 6.91. The number of nitrogens with zero attached hydrogens (tertiary/aromatic N) is 1. The summed E-state index contributed by atoms with van der Waals surface area (Å²) in [6, 6.07) is 0.375. The van der Waals surface area contributed by atoms with Gasteiger partial charge in [-0.3, -0.25) is 9.59 Å². The van der Waals surface area contributed by atoms with Crippen molar-refractivity contribution in [3.8, 4) is 0 Å². The molecule has 0 aliphatic heterocycles. The lowest BCUT2D eigenvalue weighted by atomic mass is 9.94. The van der Waals surface area contributed by atoms with Gasteiger partial charge in [0.25, 0.3) is 0 Å². The van der Waals surface area contributed by atoms with Crippen LogP contribution in [0.25, 0.3) is 0 Å². The van der Waals surface area contributed by atoms with Crippen molar-refractivity contribution in [2.45, 2.75) is 58.9 Å². The molecule has 20 heavy (non-hydrogen) atoms. The normalized spacial score (nSPS) is 29.7. The smallest absolute Gasteiger partial charge is 0.307 e. The van der Waals surface area contributed by atoms with Crippen LogP contribution in [0.4, 0.5) is 0 Å². The summed E-state index contributed by atoms with van der Waals surface area (Å²) in [5, 5.41) is 9.39. The molecule has 0 aromatic carbocycles. The van der Waals surface area contributed by atoms with Crippen LogP contribution in [-0.2, 0) is 9.59 Å². The number of carbonyl (C=O) groups excluding carboxylic acids is 1. The molecule has 0 aromatic heterocycles. The Bertz CT molecular complexity index is 376. The average Bonchev–Trinajstić information content (AvgIpc) is 3.12. The highest BCUT2D eigenvalue weighted by atomic mass is 16.4. The third kappa shape index (κ3) is 3.33. The predicted octanol–water partition coefficient (Wildman–Crippen LogP) is 2.77. The van der Waals surface area contributed by atoms with E-state index in [-0.39, 0.29) is 11.8 Å². The van der Waals surface area contributed by atoms with Gasteiger partial charge in [0.2, 0.25) is 5.91 Å². The molecule has 2 saturated carbocycles. The number of aliphatic carboxylic acids is 1. The number of amides is 1. The molecule has 3 atom stereocenters. The van der Waals surface area contributed by atoms with Gasteiger partial charge >= 0.3 is 5.97 Å². The van der Waals surface area contributed by atoms with Crippen LogP contribution in [0.5, 0.6) is 0 Å². The maximum absolute atomic E-state index is 12.8. The Labute approximate surface area is 121 Å². The van der Waals surface area contributed by atoms with Crippen LogP contribution >= 0.6 is 0 Å². The predicted molar refractivity (Wildman–Crippen MR) is 77.2 cm³/mol. The number of carboxylic acids is 1. The molecule has 4 nitrogen and oxygen atoms in total. The standard InChI is InChI=1S/C16H27NO3/c1-4-11-7-13(14(8-11)16(19)20)15(18)17(9-10(2)3)12-5-6-12/h10-14H,4-9H2,1-3H3,(H,19,20). The van der Waals surface area contributed by atoms with E-state index in [9.17, 15) is 14.7 Å². The maximum Gasteiger partial charge on any atom is 0.307 e. The first-order valence-electron chi connectivity index (χ1n) is 7.97. The molecule has 0 saturated heterocycles. The largest absolute Gasteiger partial charge is 0.481 e. The van der Waals surface area contributed by atoms with Crippen molar-refractivity contribution in [1.29, 1.82) is 0 Å². The molecule has 0 heterocycles. The third-order valence-corrected chi connectivity index (χ3v) is 4.70. The Morgan fingerprint density at radius 2 is 1.80 bits per heavy atom. The SMILES string of the molecule is CCC1CC(C(=O)O)C(C(=O)N(CC(C)C)C2CC2)C1. The Kier molecular flexibility index (Phi) is 4.71. The van der Waals surface area contributed by atoms with E-state index in [0.717, 1.165) is 32.2 Å². The molecular formula is C16H27NO3. The van der Waals surface area contributed by atoms with Gasteiger partial charge in [0.05, 0.1) is 11.8 Å². The Hall–Kier alpha value is -1.06. The summed E-state index contributed by atoms with van der Waals surface area (Å²) >= 11 is 0. The van der Waals surface area contributed by atoms with Gasteiger partial charge in [-0.2, -0.15) is 0 Å². The van der Waals surface area contributed by atoms with Crippen LogP contribution < -0.4 is 0 Å². The molecule has 114 valence electrons. The minimum atomic E-state index is -0.792. The summed E-state index contributed by atoms with van der Waals surface area (Å²) < 4.78 is 0. The van der Waals surface area contributed by atoms with Crippen LogP contribution in [0, 0.1) is 23.7 Å². The van der Waals surface area contributed by atoms with Gasteiger partial charge < -0.3 is 10.0 Å². The quantitative estimate of drug-likeness (QED) is 0.814. The van der Waals surface area contributed by atoms with E-state index in [0.29, 0.717) is 24.3 Å². The maximum atomic E-state index is 12.8. The molecule has 3 unspecified atom stereocenters. The van der Waals surface area contributed by atoms with Crippen LogP contribution in [0.1, 0.15) is 52.9 Å². The Morgan fingerprint density at radius 3 is 2.25 bits per heavy atom. The number of carbonyl (C=O) groups is 2. The summed E-state index contributed by atoms with van der Waals surface area (Å²) in [6.07, 6.45) is 4.57. The second-order valence-electron chi connectivity index (χ2n) is 6.91. The van der Waals surface area contributed by atoms with Crippen LogP contribution in [0.2, 0.25) is 0 Å². The van der Waals surface area contributed by atoms with Crippen LogP contribution in [-0.4, -0.2) is 34.5 Å². The Balaban J connectivity index is 2.10. The third-order valence-electron chi connectivity index (χ3n) is 4.70. The number of rotatable bonds is 6. The van der Waals surface area contributed by atoms with Gasteiger partial charge in [0, 0.05) is 12.6 Å². The van der Waals surface area contributed by atoms with Crippen molar-refractivity contribution in [2.75, 3.05) is 6.54 Å². The van der Waals surface area contributed by atoms with Crippen LogP contribution in [0.15, 0.2) is 0 Å². The molecule has 0 spiro atoms. The monoisotopic (exact) mass is 281 g/mol. The van der Waals surface area contributed by atoms with Crippen molar-refractivity contribution in [3.63, 3.8) is 0 Å². The highest BCUT2D eigenvalue weighted by Crippen LogP contribution is 2.41. The van der Waals surface area contributed by atoms with Gasteiger partial charge in [0.15, 0.2) is 0 Å². The number of carboxylic acid groups (broad SMARTS) is 1. The van der Waals surface area contributed by atoms with Gasteiger partial charge in [-0.15, -0.1) is 0 Å². The first-order chi connectivity index (χ1) is 9.43. The molecule has 0 radical (unpaired) electrons. The van der Waals surface area contributed by atoms with E-state index in [1.165, 1.54) is 0 Å². The van der Waals surface area contributed by atoms with Crippen molar-refractivity contribution in [2.24, 2.45) is 23.7 Å². The summed E-state index contributed by atoms with van der Waals surface area (Å²) in [4.78, 5) is 26.2. The van der Waals surface area contributed by atoms with E-state index in [2.05, 4.69) is 20.8 Å². The molecule has 1 N–H and O–H groups in total. The van der Waals surface area contributed by atoms with Crippen molar-refractivity contribution >= 4 is 11.9 Å². The zero-order valence-corrected chi connectivity index (χ0v) is 12.8. The lowest BCUT2D eigenvalue weighted by Crippen LogP contribution is -2.42. The van der Waals surface area contributed by atoms with Crippen molar-refractivity contribution < 1.29 is 14.7 Å². The highest BCUT2D eigenvalue weighted by Gasteiger charge is 2.46. The highest BCUT2D eigenvalue weighted by molar-refractivity contribution is 5.85. The van der Waals surface area contributed by atoms with E-state index in [1.54, 1.807) is 0 Å². The topological polar surface area (TPSA) is 57.6 Å². The van der Waals surface area contributed by atoms with E-state index in [4.69, 9.17) is 0 Å². The molecule has 0 aromatic rings. The first kappa shape index (κ1) is 15.3. The molecular weight excluding hydrogens is 254 g/mol. The minimum Gasteiger partial charge on any atom is -0.481 e. The van der Waals surface area contributed by atoms with Gasteiger partial charge in [-0.25, -0.2) is 0 Å². The molecule has 2 aliphatic carbocycles. The van der Waals surface area contributed by atoms with Gasteiger partial charge in [0.1, 0.15) is 0 Å². The van der Waals surface area contributed by atoms with E-state index >= 15 is 0 Å². The minimum absolute atomic E-state index is 0.101. The second kappa shape index (κ2) is 6.15. The molecule has 2 rings (SSSR count). The average molecular weight is 281 g/mol. The fourth-order valence-corrected chi connectivity index (χ4v) is 3.43. The fraction of sp³-hybridized carbons (Fsp3) is 0.875. The summed E-state index contributed by atoms with van der Waals surface area (Å²) in [6.45, 7) is 7.08. The lowest BCUT2D eigenvalue weighted by Gasteiger charge is -2.28. The van der Waals surface area contributed by atoms with Crippen molar-refractivity contribution in [1.82, 2.24) is 4.90 Å². The molecule has 2 fully saturated rings. The summed E-state index contributed by atoms with van der Waals surface area (Å²) in [7, 11) is 0. The van der Waals surface area contributed by atoms with E-state index in [1.807, 2.05) is 4.90 Å².